The summed E-state index contributed by atoms with van der Waals surface area (Å²) in [5.41, 5.74) is 2.15. The van der Waals surface area contributed by atoms with Crippen LogP contribution < -0.4 is 0 Å². The Kier molecular flexibility index (Phi) is 20.5. The molecule has 41 heavy (non-hydrogen) atoms. The van der Waals surface area contributed by atoms with Crippen molar-refractivity contribution in [1.29, 1.82) is 0 Å². The molecular weight excluding hydrogens is 512 g/mol. The second kappa shape index (κ2) is 23.8. The van der Waals surface area contributed by atoms with Crippen LogP contribution in [0, 0.1) is 11.8 Å². The van der Waals surface area contributed by atoms with Crippen molar-refractivity contribution in [2.45, 2.75) is 117 Å². The van der Waals surface area contributed by atoms with E-state index in [-0.39, 0.29) is 12.2 Å². The smallest absolute Gasteiger partial charge is 0.121 e. The van der Waals surface area contributed by atoms with E-state index in [1.807, 2.05) is 36.4 Å². The summed E-state index contributed by atoms with van der Waals surface area (Å²) >= 11 is 0. The molecular formula is C36H58O5. The van der Waals surface area contributed by atoms with E-state index in [4.69, 9.17) is 24.3 Å². The largest absolute Gasteiger partial charge is 0.381 e. The van der Waals surface area contributed by atoms with Crippen molar-refractivity contribution in [3.63, 3.8) is 0 Å². The van der Waals surface area contributed by atoms with E-state index in [1.54, 1.807) is 0 Å². The van der Waals surface area contributed by atoms with Crippen molar-refractivity contribution in [2.75, 3.05) is 26.4 Å². The lowest BCUT2D eigenvalue weighted by Crippen LogP contribution is -2.13. The summed E-state index contributed by atoms with van der Waals surface area (Å²) in [6.45, 7) is 12.1. The summed E-state index contributed by atoms with van der Waals surface area (Å²) in [6, 6.07) is 20.4. The number of hydrogen-bond donors (Lipinski definition) is 0. The molecule has 0 fully saturated rings. The van der Waals surface area contributed by atoms with Gasteiger partial charge in [0.05, 0.1) is 0 Å². The SMILES string of the molecule is CCCCC(CC)COCCCC(OOOC(CCCOCC(CC)CCCC)c1ccccc1)c1ccccc1. The molecule has 0 heterocycles. The lowest BCUT2D eigenvalue weighted by Gasteiger charge is -2.20. The van der Waals surface area contributed by atoms with Gasteiger partial charge in [0.1, 0.15) is 12.2 Å². The van der Waals surface area contributed by atoms with E-state index in [2.05, 4.69) is 52.0 Å². The zero-order chi connectivity index (χ0) is 29.4. The molecule has 4 atom stereocenters. The highest BCUT2D eigenvalue weighted by molar-refractivity contribution is 5.18. The van der Waals surface area contributed by atoms with Crippen LogP contribution in [0.4, 0.5) is 0 Å². The van der Waals surface area contributed by atoms with Crippen molar-refractivity contribution in [1.82, 2.24) is 0 Å². The Balaban J connectivity index is 1.83. The van der Waals surface area contributed by atoms with E-state index >= 15 is 0 Å². The fourth-order valence-electron chi connectivity index (χ4n) is 5.03. The monoisotopic (exact) mass is 570 g/mol. The Morgan fingerprint density at radius 1 is 0.512 bits per heavy atom. The average molecular weight is 571 g/mol. The molecule has 0 aliphatic rings. The van der Waals surface area contributed by atoms with Gasteiger partial charge in [-0.1, -0.05) is 132 Å². The zero-order valence-electron chi connectivity index (χ0n) is 26.4. The minimum Gasteiger partial charge on any atom is -0.381 e. The molecule has 0 saturated carbocycles. The van der Waals surface area contributed by atoms with Crippen molar-refractivity contribution in [3.05, 3.63) is 71.8 Å². The molecule has 0 aliphatic carbocycles. The molecule has 0 radical (unpaired) electrons. The Hall–Kier alpha value is -1.76. The summed E-state index contributed by atoms with van der Waals surface area (Å²) in [5.74, 6) is 1.31. The molecule has 0 bridgehead atoms. The molecule has 0 amide bonds. The lowest BCUT2D eigenvalue weighted by molar-refractivity contribution is -0.544. The number of ether oxygens (including phenoxy) is 2. The lowest BCUT2D eigenvalue weighted by atomic mass is 10.0. The predicted molar refractivity (Wildman–Crippen MR) is 168 cm³/mol. The molecule has 2 aromatic rings. The molecule has 2 aromatic carbocycles. The summed E-state index contributed by atoms with van der Waals surface area (Å²) in [7, 11) is 0. The maximum Gasteiger partial charge on any atom is 0.121 e. The fourth-order valence-corrected chi connectivity index (χ4v) is 5.03. The summed E-state index contributed by atoms with van der Waals surface area (Å²) in [6.07, 6.45) is 12.8. The van der Waals surface area contributed by atoms with Crippen molar-refractivity contribution in [3.8, 4) is 0 Å². The van der Waals surface area contributed by atoms with Crippen molar-refractivity contribution >= 4 is 0 Å². The van der Waals surface area contributed by atoms with Gasteiger partial charge < -0.3 is 9.47 Å². The molecule has 2 rings (SSSR count). The van der Waals surface area contributed by atoms with Crippen LogP contribution in [0.5, 0.6) is 0 Å². The molecule has 0 N–H and O–H groups in total. The highest BCUT2D eigenvalue weighted by Crippen LogP contribution is 2.27. The van der Waals surface area contributed by atoms with Crippen LogP contribution in [0.3, 0.4) is 0 Å². The van der Waals surface area contributed by atoms with E-state index in [1.165, 1.54) is 51.4 Å². The Morgan fingerprint density at radius 2 is 0.927 bits per heavy atom. The maximum atomic E-state index is 6.04. The Labute approximate surface area is 251 Å². The second-order valence-electron chi connectivity index (χ2n) is 11.3. The highest BCUT2D eigenvalue weighted by Gasteiger charge is 2.18. The molecule has 0 aliphatic heterocycles. The van der Waals surface area contributed by atoms with Gasteiger partial charge in [-0.25, -0.2) is 0 Å². The summed E-state index contributed by atoms with van der Waals surface area (Å²) < 4.78 is 12.1. The normalized spacial score (nSPS) is 14.5. The maximum absolute atomic E-state index is 6.04. The van der Waals surface area contributed by atoms with Crippen LogP contribution >= 0.6 is 0 Å². The third-order valence-corrected chi connectivity index (χ3v) is 7.96. The fraction of sp³-hybridized carbons (Fsp3) is 0.667. The number of hydrogen-bond acceptors (Lipinski definition) is 5. The predicted octanol–water partition coefficient (Wildman–Crippen LogP) is 10.4. The van der Waals surface area contributed by atoms with Crippen molar-refractivity contribution in [2.24, 2.45) is 11.8 Å². The summed E-state index contributed by atoms with van der Waals surface area (Å²) in [4.78, 5) is 11.8. The zero-order valence-corrected chi connectivity index (χ0v) is 26.4. The highest BCUT2D eigenvalue weighted by atomic mass is 17.5. The van der Waals surface area contributed by atoms with Crippen LogP contribution in [0.15, 0.2) is 60.7 Å². The average Bonchev–Trinajstić information content (AvgIpc) is 3.02. The van der Waals surface area contributed by atoms with Gasteiger partial charge in [-0.2, -0.15) is 9.78 Å². The first kappa shape index (κ1) is 35.4. The molecule has 0 saturated heterocycles. The first-order valence-electron chi connectivity index (χ1n) is 16.5. The van der Waals surface area contributed by atoms with Gasteiger partial charge in [0, 0.05) is 26.4 Å². The van der Waals surface area contributed by atoms with Crippen LogP contribution in [0.2, 0.25) is 0 Å². The van der Waals surface area contributed by atoms with Gasteiger partial charge in [-0.3, -0.25) is 0 Å². The topological polar surface area (TPSA) is 46.2 Å². The Bertz CT molecular complexity index is 761. The number of rotatable bonds is 26. The van der Waals surface area contributed by atoms with E-state index < -0.39 is 0 Å². The number of benzene rings is 2. The van der Waals surface area contributed by atoms with Crippen LogP contribution in [-0.2, 0) is 24.3 Å². The van der Waals surface area contributed by atoms with Gasteiger partial charge in [0.2, 0.25) is 0 Å². The second-order valence-corrected chi connectivity index (χ2v) is 11.3. The molecule has 232 valence electrons. The van der Waals surface area contributed by atoms with Crippen LogP contribution in [0.1, 0.15) is 128 Å². The minimum atomic E-state index is -0.226. The van der Waals surface area contributed by atoms with E-state index in [9.17, 15) is 0 Å². The van der Waals surface area contributed by atoms with Crippen molar-refractivity contribution < 1.29 is 24.3 Å². The van der Waals surface area contributed by atoms with Gasteiger partial charge in [0.25, 0.3) is 0 Å². The summed E-state index contributed by atoms with van der Waals surface area (Å²) in [5, 5.41) is 5.50. The third-order valence-electron chi connectivity index (χ3n) is 7.96. The third kappa shape index (κ3) is 15.9. The Morgan fingerprint density at radius 3 is 1.29 bits per heavy atom. The first-order valence-corrected chi connectivity index (χ1v) is 16.5. The van der Waals surface area contributed by atoms with Crippen LogP contribution in [0.25, 0.3) is 0 Å². The molecule has 5 heteroatoms. The molecule has 0 aromatic heterocycles. The molecule has 0 spiro atoms. The molecule has 4 unspecified atom stereocenters. The van der Waals surface area contributed by atoms with E-state index in [0.29, 0.717) is 11.8 Å². The number of unbranched alkanes of at least 4 members (excludes halogenated alkanes) is 2. The van der Waals surface area contributed by atoms with Crippen LogP contribution in [-0.4, -0.2) is 26.4 Å². The minimum absolute atomic E-state index is 0.226. The van der Waals surface area contributed by atoms with Gasteiger partial charge in [-0.15, -0.1) is 0 Å². The first-order chi connectivity index (χ1) is 20.2. The van der Waals surface area contributed by atoms with Gasteiger partial charge in [0.15, 0.2) is 0 Å². The van der Waals surface area contributed by atoms with Gasteiger partial charge in [-0.05, 0) is 61.5 Å². The van der Waals surface area contributed by atoms with E-state index in [0.717, 1.165) is 63.2 Å². The standard InChI is InChI=1S/C36H58O5/c1-5-9-19-31(7-3)29-37-27-17-25-35(33-21-13-11-14-22-33)39-41-40-36(34-23-15-12-16-24-34)26-18-28-38-30-32(8-4)20-10-6-2/h11-16,21-24,31-32,35-36H,5-10,17-20,25-30H2,1-4H3. The quantitative estimate of drug-likeness (QED) is 0.0639. The van der Waals surface area contributed by atoms with Gasteiger partial charge >= 0.3 is 0 Å². The molecule has 5 nitrogen and oxygen atoms in total.